The van der Waals surface area contributed by atoms with E-state index >= 15 is 0 Å². The van der Waals surface area contributed by atoms with Gasteiger partial charge in [0.25, 0.3) is 0 Å². The van der Waals surface area contributed by atoms with Crippen molar-refractivity contribution < 1.29 is 4.74 Å². The Kier molecular flexibility index (Phi) is 3.91. The molecule has 0 aliphatic rings. The van der Waals surface area contributed by atoms with Crippen molar-refractivity contribution in [1.29, 1.82) is 0 Å². The van der Waals surface area contributed by atoms with Crippen LogP contribution in [0.2, 0.25) is 0 Å². The van der Waals surface area contributed by atoms with Gasteiger partial charge in [-0.25, -0.2) is 0 Å². The summed E-state index contributed by atoms with van der Waals surface area (Å²) in [7, 11) is 0. The predicted octanol–water partition coefficient (Wildman–Crippen LogP) is 2.49. The lowest BCUT2D eigenvalue weighted by Crippen LogP contribution is -2.03. The van der Waals surface area contributed by atoms with Crippen molar-refractivity contribution in [2.24, 2.45) is 0 Å². The first kappa shape index (κ1) is 11.4. The van der Waals surface area contributed by atoms with E-state index in [0.29, 0.717) is 19.0 Å². The fraction of sp³-hybridized carbons (Fsp3) is 0.231. The molecule has 2 aromatic heterocycles. The van der Waals surface area contributed by atoms with Crippen LogP contribution in [0, 0.1) is 0 Å². The molecular weight excluding hydrogens is 214 g/mol. The van der Waals surface area contributed by atoms with E-state index in [1.165, 1.54) is 0 Å². The van der Waals surface area contributed by atoms with E-state index in [2.05, 4.69) is 15.3 Å². The predicted molar refractivity (Wildman–Crippen MR) is 67.0 cm³/mol. The van der Waals surface area contributed by atoms with Crippen LogP contribution < -0.4 is 10.1 Å². The highest BCUT2D eigenvalue weighted by molar-refractivity contribution is 5.37. The third-order valence-corrected chi connectivity index (χ3v) is 2.19. The summed E-state index contributed by atoms with van der Waals surface area (Å²) in [5, 5.41) is 3.21. The molecule has 2 heterocycles. The van der Waals surface area contributed by atoms with Gasteiger partial charge in [0.2, 0.25) is 5.88 Å². The van der Waals surface area contributed by atoms with Crippen molar-refractivity contribution in [2.75, 3.05) is 11.9 Å². The molecule has 0 amide bonds. The largest absolute Gasteiger partial charge is 0.478 e. The van der Waals surface area contributed by atoms with E-state index in [9.17, 15) is 0 Å². The van der Waals surface area contributed by atoms with Crippen molar-refractivity contribution in [3.63, 3.8) is 0 Å². The molecule has 2 aromatic rings. The number of hydrogen-bond acceptors (Lipinski definition) is 4. The molecule has 0 saturated carbocycles. The first-order valence-corrected chi connectivity index (χ1v) is 5.62. The summed E-state index contributed by atoms with van der Waals surface area (Å²) in [5.74, 6) is 1.43. The van der Waals surface area contributed by atoms with Crippen molar-refractivity contribution >= 4 is 5.82 Å². The van der Waals surface area contributed by atoms with Gasteiger partial charge < -0.3 is 10.1 Å². The highest BCUT2D eigenvalue weighted by Gasteiger charge is 1.98. The summed E-state index contributed by atoms with van der Waals surface area (Å²) in [6.45, 7) is 3.22. The minimum atomic E-state index is 0.622. The second-order valence-electron chi connectivity index (χ2n) is 3.47. The Morgan fingerprint density at radius 2 is 2.12 bits per heavy atom. The highest BCUT2D eigenvalue weighted by Crippen LogP contribution is 2.11. The molecule has 0 radical (unpaired) electrons. The fourth-order valence-electron chi connectivity index (χ4n) is 1.43. The Balaban J connectivity index is 1.97. The van der Waals surface area contributed by atoms with Crippen molar-refractivity contribution in [3.05, 3.63) is 48.3 Å². The van der Waals surface area contributed by atoms with Gasteiger partial charge >= 0.3 is 0 Å². The van der Waals surface area contributed by atoms with Crippen molar-refractivity contribution in [3.8, 4) is 5.88 Å². The number of nitrogens with one attached hydrogen (secondary N) is 1. The lowest BCUT2D eigenvalue weighted by Gasteiger charge is -2.07. The molecule has 0 fully saturated rings. The molecule has 0 aliphatic carbocycles. The summed E-state index contributed by atoms with van der Waals surface area (Å²) in [4.78, 5) is 8.55. The van der Waals surface area contributed by atoms with Crippen LogP contribution in [0.5, 0.6) is 5.88 Å². The topological polar surface area (TPSA) is 47.0 Å². The molecule has 0 bridgehead atoms. The second-order valence-corrected chi connectivity index (χ2v) is 3.47. The Morgan fingerprint density at radius 3 is 2.88 bits per heavy atom. The summed E-state index contributed by atoms with van der Waals surface area (Å²) in [5.41, 5.74) is 0.983. The molecule has 0 unspecified atom stereocenters. The molecule has 1 N–H and O–H groups in total. The number of ether oxygens (including phenoxy) is 1. The molecule has 17 heavy (non-hydrogen) atoms. The molecule has 0 atom stereocenters. The Hall–Kier alpha value is -2.10. The van der Waals surface area contributed by atoms with Crippen LogP contribution in [-0.4, -0.2) is 16.6 Å². The minimum absolute atomic E-state index is 0.622. The normalized spacial score (nSPS) is 9.94. The van der Waals surface area contributed by atoms with E-state index in [1.807, 2.05) is 43.3 Å². The quantitative estimate of drug-likeness (QED) is 0.855. The summed E-state index contributed by atoms with van der Waals surface area (Å²) in [6.07, 6.45) is 1.78. The summed E-state index contributed by atoms with van der Waals surface area (Å²) in [6, 6.07) is 11.5. The molecule has 88 valence electrons. The first-order chi connectivity index (χ1) is 8.38. The van der Waals surface area contributed by atoms with E-state index in [4.69, 9.17) is 4.74 Å². The van der Waals surface area contributed by atoms with Gasteiger partial charge in [-0.05, 0) is 25.1 Å². The molecule has 0 saturated heterocycles. The molecular formula is C13H15N3O. The van der Waals surface area contributed by atoms with Gasteiger partial charge in [0.1, 0.15) is 5.82 Å². The Labute approximate surface area is 101 Å². The van der Waals surface area contributed by atoms with E-state index in [1.54, 1.807) is 6.20 Å². The maximum atomic E-state index is 5.33. The zero-order valence-electron chi connectivity index (χ0n) is 9.76. The van der Waals surface area contributed by atoms with Gasteiger partial charge in [-0.2, -0.15) is 4.98 Å². The maximum Gasteiger partial charge on any atom is 0.215 e. The number of anilines is 1. The van der Waals surface area contributed by atoms with E-state index in [0.717, 1.165) is 11.5 Å². The van der Waals surface area contributed by atoms with Gasteiger partial charge in [-0.3, -0.25) is 4.98 Å². The van der Waals surface area contributed by atoms with Gasteiger partial charge in [-0.15, -0.1) is 0 Å². The van der Waals surface area contributed by atoms with Crippen molar-refractivity contribution in [2.45, 2.75) is 13.5 Å². The van der Waals surface area contributed by atoms with E-state index in [-0.39, 0.29) is 0 Å². The maximum absolute atomic E-state index is 5.33. The number of aromatic nitrogens is 2. The van der Waals surface area contributed by atoms with Gasteiger partial charge in [0.15, 0.2) is 0 Å². The highest BCUT2D eigenvalue weighted by atomic mass is 16.5. The van der Waals surface area contributed by atoms with Crippen LogP contribution in [0.3, 0.4) is 0 Å². The molecule has 0 spiro atoms. The summed E-state index contributed by atoms with van der Waals surface area (Å²) < 4.78 is 5.33. The van der Waals surface area contributed by atoms with Crippen molar-refractivity contribution in [1.82, 2.24) is 9.97 Å². The van der Waals surface area contributed by atoms with Gasteiger partial charge in [0, 0.05) is 12.3 Å². The lowest BCUT2D eigenvalue weighted by atomic mass is 10.3. The van der Waals surface area contributed by atoms with Crippen LogP contribution >= 0.6 is 0 Å². The SMILES string of the molecule is CCOc1cccc(NCc2ccccn2)n1. The number of rotatable bonds is 5. The van der Waals surface area contributed by atoms with Gasteiger partial charge in [0.05, 0.1) is 18.8 Å². The third-order valence-electron chi connectivity index (χ3n) is 2.19. The number of nitrogens with zero attached hydrogens (tertiary/aromatic N) is 2. The average molecular weight is 229 g/mol. The third kappa shape index (κ3) is 3.45. The molecule has 2 rings (SSSR count). The molecule has 4 heteroatoms. The first-order valence-electron chi connectivity index (χ1n) is 5.62. The van der Waals surface area contributed by atoms with Crippen LogP contribution in [0.1, 0.15) is 12.6 Å². The molecule has 0 aliphatic heterocycles. The second kappa shape index (κ2) is 5.84. The average Bonchev–Trinajstić information content (AvgIpc) is 2.39. The molecule has 4 nitrogen and oxygen atoms in total. The zero-order chi connectivity index (χ0) is 11.9. The van der Waals surface area contributed by atoms with Gasteiger partial charge in [-0.1, -0.05) is 12.1 Å². The number of hydrogen-bond donors (Lipinski definition) is 1. The van der Waals surface area contributed by atoms with Crippen LogP contribution in [0.4, 0.5) is 5.82 Å². The monoisotopic (exact) mass is 229 g/mol. The van der Waals surface area contributed by atoms with Crippen LogP contribution in [0.25, 0.3) is 0 Å². The zero-order valence-corrected chi connectivity index (χ0v) is 9.76. The fourth-order valence-corrected chi connectivity index (χ4v) is 1.43. The standard InChI is InChI=1S/C13H15N3O/c1-2-17-13-8-5-7-12(16-13)15-10-11-6-3-4-9-14-11/h3-9H,2,10H2,1H3,(H,15,16). The minimum Gasteiger partial charge on any atom is -0.478 e. The summed E-state index contributed by atoms with van der Waals surface area (Å²) >= 11 is 0. The van der Waals surface area contributed by atoms with Crippen LogP contribution in [0.15, 0.2) is 42.6 Å². The Morgan fingerprint density at radius 1 is 1.18 bits per heavy atom. The lowest BCUT2D eigenvalue weighted by molar-refractivity contribution is 0.327. The number of pyridine rings is 2. The van der Waals surface area contributed by atoms with E-state index < -0.39 is 0 Å². The van der Waals surface area contributed by atoms with Crippen LogP contribution in [-0.2, 0) is 6.54 Å². The Bertz CT molecular complexity index is 459. The smallest absolute Gasteiger partial charge is 0.215 e. The molecule has 0 aromatic carbocycles.